The van der Waals surface area contributed by atoms with Gasteiger partial charge in [-0.3, -0.25) is 0 Å². The average molecular weight is 384 g/mol. The van der Waals surface area contributed by atoms with Gasteiger partial charge in [-0.2, -0.15) is 0 Å². The molecule has 6 nitrogen and oxygen atoms in total. The fourth-order valence-corrected chi connectivity index (χ4v) is 3.04. The van der Waals surface area contributed by atoms with E-state index in [9.17, 15) is 10.2 Å². The Morgan fingerprint density at radius 1 is 0.880 bits per heavy atom. The second-order valence-corrected chi connectivity index (χ2v) is 6.84. The summed E-state index contributed by atoms with van der Waals surface area (Å²) in [4.78, 5) is 0. The minimum Gasteiger partial charge on any atom is -0.394 e. The third-order valence-electron chi connectivity index (χ3n) is 4.71. The standard InChI is InChI=1S/C18H37NO5.ClH/c1-2-3-4-5-6-7-8-9-10-11-12-23-18-15(19)17(22)16(21)14(13-20)24-18;/h14-18,20-22H,2-13,19H2,1H3;1H/t14-,15-,16-,17-,18?;/m1./s1. The van der Waals surface area contributed by atoms with Gasteiger partial charge in [-0.1, -0.05) is 64.7 Å². The first-order valence-electron chi connectivity index (χ1n) is 9.61. The van der Waals surface area contributed by atoms with Gasteiger partial charge in [0.1, 0.15) is 18.3 Å². The van der Waals surface area contributed by atoms with Crippen LogP contribution in [0.1, 0.15) is 71.1 Å². The van der Waals surface area contributed by atoms with Crippen LogP contribution in [0.15, 0.2) is 0 Å². The van der Waals surface area contributed by atoms with Crippen molar-refractivity contribution in [3.63, 3.8) is 0 Å². The molecule has 0 spiro atoms. The molecule has 152 valence electrons. The minimum atomic E-state index is -1.18. The van der Waals surface area contributed by atoms with Crippen LogP contribution in [0.2, 0.25) is 0 Å². The van der Waals surface area contributed by atoms with Crippen LogP contribution in [0.5, 0.6) is 0 Å². The van der Waals surface area contributed by atoms with Crippen molar-refractivity contribution in [2.45, 2.75) is 102 Å². The molecular weight excluding hydrogens is 346 g/mol. The summed E-state index contributed by atoms with van der Waals surface area (Å²) < 4.78 is 11.0. The number of unbranched alkanes of at least 4 members (excludes halogenated alkanes) is 9. The molecule has 0 aromatic heterocycles. The van der Waals surface area contributed by atoms with Crippen molar-refractivity contribution in [1.29, 1.82) is 0 Å². The zero-order valence-electron chi connectivity index (χ0n) is 15.5. The van der Waals surface area contributed by atoms with Crippen molar-refractivity contribution in [3.8, 4) is 0 Å². The Morgan fingerprint density at radius 3 is 1.92 bits per heavy atom. The van der Waals surface area contributed by atoms with Gasteiger partial charge in [-0.15, -0.1) is 12.4 Å². The maximum atomic E-state index is 9.85. The highest BCUT2D eigenvalue weighted by Gasteiger charge is 2.42. The second kappa shape index (κ2) is 15.1. The molecule has 1 unspecified atom stereocenters. The molecule has 1 aliphatic heterocycles. The van der Waals surface area contributed by atoms with Crippen LogP contribution in [0, 0.1) is 0 Å². The molecule has 25 heavy (non-hydrogen) atoms. The van der Waals surface area contributed by atoms with Crippen LogP contribution >= 0.6 is 12.4 Å². The minimum absolute atomic E-state index is 0. The molecule has 7 heteroatoms. The van der Waals surface area contributed by atoms with Gasteiger partial charge in [-0.05, 0) is 6.42 Å². The van der Waals surface area contributed by atoms with E-state index in [0.717, 1.165) is 12.8 Å². The van der Waals surface area contributed by atoms with E-state index in [4.69, 9.17) is 20.3 Å². The van der Waals surface area contributed by atoms with E-state index in [0.29, 0.717) is 6.61 Å². The normalized spacial score (nSPS) is 29.4. The molecule has 0 amide bonds. The molecule has 1 aliphatic rings. The molecule has 0 aliphatic carbocycles. The molecule has 1 fully saturated rings. The van der Waals surface area contributed by atoms with Gasteiger partial charge >= 0.3 is 0 Å². The number of halogens is 1. The Bertz CT molecular complexity index is 309. The predicted octanol–water partition coefficient (Wildman–Crippen LogP) is 2.11. The molecule has 5 N–H and O–H groups in total. The summed E-state index contributed by atoms with van der Waals surface area (Å²) in [5, 5.41) is 28.7. The molecule has 0 aromatic carbocycles. The lowest BCUT2D eigenvalue weighted by molar-refractivity contribution is -0.265. The third-order valence-corrected chi connectivity index (χ3v) is 4.71. The van der Waals surface area contributed by atoms with E-state index >= 15 is 0 Å². The number of hydrogen-bond acceptors (Lipinski definition) is 6. The molecule has 5 atom stereocenters. The second-order valence-electron chi connectivity index (χ2n) is 6.84. The Balaban J connectivity index is 0.00000576. The zero-order valence-corrected chi connectivity index (χ0v) is 16.3. The van der Waals surface area contributed by atoms with Gasteiger partial charge in [0, 0.05) is 6.61 Å². The lowest BCUT2D eigenvalue weighted by atomic mass is 9.98. The van der Waals surface area contributed by atoms with Crippen LogP contribution in [-0.4, -0.2) is 59.2 Å². The molecule has 0 bridgehead atoms. The number of aliphatic hydroxyl groups is 3. The van der Waals surface area contributed by atoms with E-state index in [1.165, 1.54) is 51.4 Å². The number of rotatable bonds is 13. The van der Waals surface area contributed by atoms with E-state index in [1.807, 2.05) is 0 Å². The molecule has 0 radical (unpaired) electrons. The maximum absolute atomic E-state index is 9.85. The first kappa shape index (κ1) is 25.1. The van der Waals surface area contributed by atoms with Gasteiger partial charge < -0.3 is 30.5 Å². The van der Waals surface area contributed by atoms with Gasteiger partial charge in [0.2, 0.25) is 0 Å². The Morgan fingerprint density at radius 2 is 1.40 bits per heavy atom. The quantitative estimate of drug-likeness (QED) is 0.363. The SMILES string of the molecule is CCCCCCCCCCCCOC1O[C@H](CO)[C@@H](O)[C@H](O)[C@H]1N.Cl. The summed E-state index contributed by atoms with van der Waals surface area (Å²) in [6.45, 7) is 2.37. The lowest BCUT2D eigenvalue weighted by Gasteiger charge is -2.40. The summed E-state index contributed by atoms with van der Waals surface area (Å²) in [7, 11) is 0. The number of nitrogens with two attached hydrogens (primary N) is 1. The lowest BCUT2D eigenvalue weighted by Crippen LogP contribution is -2.62. The van der Waals surface area contributed by atoms with Gasteiger partial charge in [0.05, 0.1) is 12.6 Å². The number of ether oxygens (including phenoxy) is 2. The summed E-state index contributed by atoms with van der Waals surface area (Å²) in [5.41, 5.74) is 5.82. The summed E-state index contributed by atoms with van der Waals surface area (Å²) in [6, 6.07) is -0.800. The van der Waals surface area contributed by atoms with E-state index in [-0.39, 0.29) is 19.0 Å². The van der Waals surface area contributed by atoms with Crippen molar-refractivity contribution >= 4 is 12.4 Å². The predicted molar refractivity (Wildman–Crippen MR) is 101 cm³/mol. The highest BCUT2D eigenvalue weighted by molar-refractivity contribution is 5.85. The molecule has 1 rings (SSSR count). The third kappa shape index (κ3) is 9.52. The highest BCUT2D eigenvalue weighted by atomic mass is 35.5. The van der Waals surface area contributed by atoms with Crippen LogP contribution in [-0.2, 0) is 9.47 Å². The van der Waals surface area contributed by atoms with E-state index < -0.39 is 30.6 Å². The topological polar surface area (TPSA) is 105 Å². The van der Waals surface area contributed by atoms with Gasteiger partial charge in [0.15, 0.2) is 6.29 Å². The molecular formula is C18H38ClNO5. The van der Waals surface area contributed by atoms with Gasteiger partial charge in [-0.25, -0.2) is 0 Å². The first-order chi connectivity index (χ1) is 11.6. The van der Waals surface area contributed by atoms with Gasteiger partial charge in [0.25, 0.3) is 0 Å². The van der Waals surface area contributed by atoms with Crippen molar-refractivity contribution in [2.24, 2.45) is 5.73 Å². The average Bonchev–Trinajstić information content (AvgIpc) is 2.59. The smallest absolute Gasteiger partial charge is 0.175 e. The zero-order chi connectivity index (χ0) is 17.8. The van der Waals surface area contributed by atoms with Crippen molar-refractivity contribution in [1.82, 2.24) is 0 Å². The van der Waals surface area contributed by atoms with Crippen molar-refractivity contribution in [3.05, 3.63) is 0 Å². The Labute approximate surface area is 158 Å². The molecule has 1 saturated heterocycles. The summed E-state index contributed by atoms with van der Waals surface area (Å²) in [6.07, 6.45) is 8.56. The molecule has 1 heterocycles. The fraction of sp³-hybridized carbons (Fsp3) is 1.00. The van der Waals surface area contributed by atoms with Crippen LogP contribution in [0.4, 0.5) is 0 Å². The number of aliphatic hydroxyl groups excluding tert-OH is 3. The fourth-order valence-electron chi connectivity index (χ4n) is 3.04. The largest absolute Gasteiger partial charge is 0.394 e. The van der Waals surface area contributed by atoms with Crippen LogP contribution in [0.3, 0.4) is 0 Å². The molecule has 0 aromatic rings. The van der Waals surface area contributed by atoms with Crippen LogP contribution < -0.4 is 5.73 Å². The summed E-state index contributed by atoms with van der Waals surface area (Å²) >= 11 is 0. The summed E-state index contributed by atoms with van der Waals surface area (Å²) in [5.74, 6) is 0. The Kier molecular flexibility index (Phi) is 15.2. The monoisotopic (exact) mass is 383 g/mol. The van der Waals surface area contributed by atoms with Crippen molar-refractivity contribution < 1.29 is 24.8 Å². The van der Waals surface area contributed by atoms with E-state index in [2.05, 4.69) is 6.92 Å². The van der Waals surface area contributed by atoms with Crippen LogP contribution in [0.25, 0.3) is 0 Å². The highest BCUT2D eigenvalue weighted by Crippen LogP contribution is 2.21. The van der Waals surface area contributed by atoms with E-state index in [1.54, 1.807) is 0 Å². The van der Waals surface area contributed by atoms with Crippen molar-refractivity contribution in [2.75, 3.05) is 13.2 Å². The number of hydrogen-bond donors (Lipinski definition) is 4. The first-order valence-corrected chi connectivity index (χ1v) is 9.61. The molecule has 0 saturated carbocycles. The Hall–Kier alpha value is 0.0500. The maximum Gasteiger partial charge on any atom is 0.175 e.